The van der Waals surface area contributed by atoms with Crippen molar-refractivity contribution in [1.82, 2.24) is 4.98 Å². The van der Waals surface area contributed by atoms with E-state index < -0.39 is 11.6 Å². The van der Waals surface area contributed by atoms with Crippen molar-refractivity contribution in [3.05, 3.63) is 63.6 Å². The second kappa shape index (κ2) is 4.45. The van der Waals surface area contributed by atoms with Gasteiger partial charge in [-0.15, -0.1) is 11.3 Å². The third-order valence-electron chi connectivity index (χ3n) is 3.47. The lowest BCUT2D eigenvalue weighted by molar-refractivity contribution is 0.0979. The number of carbonyl (C=O) groups excluding carboxylic acids is 2. The zero-order valence-electron chi connectivity index (χ0n) is 11.3. The minimum Gasteiger partial charge on any atom is -0.459 e. The molecule has 0 saturated heterocycles. The highest BCUT2D eigenvalue weighted by Crippen LogP contribution is 2.35. The number of thiazole rings is 1. The average molecular weight is 313 g/mol. The molecule has 0 saturated carbocycles. The standard InChI is InChI=1S/C16H8FNO3S/c1-7-2-5-11(21-7)16-18-12-13(19)10-6-8(17)3-4-9(10)14(20)15(12)22-16/h2-6H,1H3. The Balaban J connectivity index is 1.90. The highest BCUT2D eigenvalue weighted by Gasteiger charge is 2.34. The summed E-state index contributed by atoms with van der Waals surface area (Å²) >= 11 is 1.11. The largest absolute Gasteiger partial charge is 0.459 e. The Hall–Kier alpha value is -2.60. The number of hydrogen-bond acceptors (Lipinski definition) is 5. The summed E-state index contributed by atoms with van der Waals surface area (Å²) in [5.74, 6) is -0.0779. The van der Waals surface area contributed by atoms with Gasteiger partial charge in [0.2, 0.25) is 11.6 Å². The van der Waals surface area contributed by atoms with Gasteiger partial charge in [0.05, 0.1) is 0 Å². The Labute approximate surface area is 128 Å². The highest BCUT2D eigenvalue weighted by molar-refractivity contribution is 7.17. The lowest BCUT2D eigenvalue weighted by atomic mass is 9.91. The second-order valence-corrected chi connectivity index (χ2v) is 5.95. The molecule has 4 rings (SSSR count). The lowest BCUT2D eigenvalue weighted by Crippen LogP contribution is -2.19. The first-order valence-electron chi connectivity index (χ1n) is 6.51. The molecule has 3 aromatic rings. The summed E-state index contributed by atoms with van der Waals surface area (Å²) in [4.78, 5) is 29.4. The van der Waals surface area contributed by atoms with E-state index in [0.29, 0.717) is 16.5 Å². The summed E-state index contributed by atoms with van der Waals surface area (Å²) < 4.78 is 18.8. The van der Waals surface area contributed by atoms with E-state index in [1.54, 1.807) is 19.1 Å². The fraction of sp³-hybridized carbons (Fsp3) is 0.0625. The number of hydrogen-bond donors (Lipinski definition) is 0. The summed E-state index contributed by atoms with van der Waals surface area (Å²) in [7, 11) is 0. The summed E-state index contributed by atoms with van der Waals surface area (Å²) in [6.07, 6.45) is 0. The molecule has 0 unspecified atom stereocenters. The van der Waals surface area contributed by atoms with E-state index in [4.69, 9.17) is 4.42 Å². The van der Waals surface area contributed by atoms with Gasteiger partial charge in [0.1, 0.15) is 22.1 Å². The number of nitrogens with zero attached hydrogens (tertiary/aromatic N) is 1. The Bertz CT molecular complexity index is 954. The molecule has 108 valence electrons. The topological polar surface area (TPSA) is 60.2 Å². The van der Waals surface area contributed by atoms with Crippen molar-refractivity contribution in [3.63, 3.8) is 0 Å². The summed E-state index contributed by atoms with van der Waals surface area (Å²) in [6, 6.07) is 7.11. The molecular formula is C16H8FNO3S. The molecular weight excluding hydrogens is 305 g/mol. The van der Waals surface area contributed by atoms with Crippen molar-refractivity contribution in [3.8, 4) is 10.8 Å². The van der Waals surface area contributed by atoms with Gasteiger partial charge in [-0.25, -0.2) is 9.37 Å². The minimum absolute atomic E-state index is 0.0602. The van der Waals surface area contributed by atoms with Gasteiger partial charge < -0.3 is 4.42 Å². The van der Waals surface area contributed by atoms with Gasteiger partial charge in [-0.1, -0.05) is 0 Å². The van der Waals surface area contributed by atoms with Crippen LogP contribution in [-0.2, 0) is 0 Å². The normalized spacial score (nSPS) is 13.2. The predicted molar refractivity (Wildman–Crippen MR) is 77.8 cm³/mol. The first kappa shape index (κ1) is 13.1. The Morgan fingerprint density at radius 2 is 1.91 bits per heavy atom. The molecule has 0 aliphatic heterocycles. The van der Waals surface area contributed by atoms with E-state index in [0.717, 1.165) is 17.4 Å². The van der Waals surface area contributed by atoms with Gasteiger partial charge in [-0.3, -0.25) is 9.59 Å². The van der Waals surface area contributed by atoms with Crippen molar-refractivity contribution < 1.29 is 18.4 Å². The van der Waals surface area contributed by atoms with E-state index >= 15 is 0 Å². The molecule has 1 aliphatic rings. The number of ketones is 2. The number of benzene rings is 1. The maximum absolute atomic E-state index is 13.3. The molecule has 0 fully saturated rings. The molecule has 0 atom stereocenters. The van der Waals surface area contributed by atoms with Crippen LogP contribution in [0, 0.1) is 12.7 Å². The first-order valence-corrected chi connectivity index (χ1v) is 7.33. The zero-order valence-corrected chi connectivity index (χ0v) is 12.2. The van der Waals surface area contributed by atoms with Gasteiger partial charge in [0.15, 0.2) is 10.8 Å². The average Bonchev–Trinajstić information content (AvgIpc) is 3.11. The Morgan fingerprint density at radius 1 is 1.09 bits per heavy atom. The van der Waals surface area contributed by atoms with E-state index in [1.165, 1.54) is 12.1 Å². The van der Waals surface area contributed by atoms with Crippen molar-refractivity contribution in [1.29, 1.82) is 0 Å². The van der Waals surface area contributed by atoms with Crippen LogP contribution in [0.25, 0.3) is 10.8 Å². The first-order chi connectivity index (χ1) is 10.5. The van der Waals surface area contributed by atoms with Gasteiger partial charge >= 0.3 is 0 Å². The smallest absolute Gasteiger partial charge is 0.213 e. The monoisotopic (exact) mass is 313 g/mol. The lowest BCUT2D eigenvalue weighted by Gasteiger charge is -2.12. The van der Waals surface area contributed by atoms with Crippen molar-refractivity contribution >= 4 is 22.9 Å². The van der Waals surface area contributed by atoms with Gasteiger partial charge in [0, 0.05) is 11.1 Å². The molecule has 2 aromatic heterocycles. The van der Waals surface area contributed by atoms with Crippen LogP contribution >= 0.6 is 11.3 Å². The molecule has 4 nitrogen and oxygen atoms in total. The second-order valence-electron chi connectivity index (χ2n) is 4.96. The molecule has 0 bridgehead atoms. The maximum atomic E-state index is 13.3. The molecule has 1 aromatic carbocycles. The summed E-state index contributed by atoms with van der Waals surface area (Å²) in [5, 5.41) is 0.466. The van der Waals surface area contributed by atoms with Crippen LogP contribution in [0.2, 0.25) is 0 Å². The number of fused-ring (bicyclic) bond motifs is 2. The van der Waals surface area contributed by atoms with Crippen molar-refractivity contribution in [2.75, 3.05) is 0 Å². The number of rotatable bonds is 1. The predicted octanol–water partition coefficient (Wildman–Crippen LogP) is 3.63. The quantitative estimate of drug-likeness (QED) is 0.538. The number of halogens is 1. The number of aromatic nitrogens is 1. The molecule has 2 heterocycles. The number of carbonyl (C=O) groups is 2. The SMILES string of the molecule is Cc1ccc(-c2nc3c(s2)C(=O)c2ccc(F)cc2C3=O)o1. The molecule has 22 heavy (non-hydrogen) atoms. The van der Waals surface area contributed by atoms with E-state index in [1.807, 2.05) is 0 Å². The molecule has 0 radical (unpaired) electrons. The zero-order chi connectivity index (χ0) is 15.4. The van der Waals surface area contributed by atoms with Gasteiger partial charge in [-0.2, -0.15) is 0 Å². The molecule has 0 spiro atoms. The molecule has 6 heteroatoms. The van der Waals surface area contributed by atoms with E-state index in [2.05, 4.69) is 4.98 Å². The fourth-order valence-corrected chi connectivity index (χ4v) is 3.41. The molecule has 0 amide bonds. The Morgan fingerprint density at radius 3 is 2.64 bits per heavy atom. The van der Waals surface area contributed by atoms with Crippen molar-refractivity contribution in [2.24, 2.45) is 0 Å². The van der Waals surface area contributed by atoms with Gasteiger partial charge in [0.25, 0.3) is 0 Å². The third-order valence-corrected chi connectivity index (χ3v) is 4.54. The van der Waals surface area contributed by atoms with Gasteiger partial charge in [-0.05, 0) is 37.3 Å². The minimum atomic E-state index is -0.555. The maximum Gasteiger partial charge on any atom is 0.213 e. The molecule has 0 N–H and O–H groups in total. The number of aryl methyl sites for hydroxylation is 1. The third kappa shape index (κ3) is 1.77. The van der Waals surface area contributed by atoms with Crippen LogP contribution in [0.3, 0.4) is 0 Å². The van der Waals surface area contributed by atoms with Crippen LogP contribution in [-0.4, -0.2) is 16.6 Å². The summed E-state index contributed by atoms with van der Waals surface area (Å²) in [6.45, 7) is 1.80. The fourth-order valence-electron chi connectivity index (χ4n) is 2.43. The van der Waals surface area contributed by atoms with Crippen LogP contribution in [0.15, 0.2) is 34.7 Å². The van der Waals surface area contributed by atoms with Crippen LogP contribution in [0.1, 0.15) is 37.0 Å². The van der Waals surface area contributed by atoms with E-state index in [9.17, 15) is 14.0 Å². The van der Waals surface area contributed by atoms with Crippen LogP contribution in [0.5, 0.6) is 0 Å². The molecule has 1 aliphatic carbocycles. The van der Waals surface area contributed by atoms with E-state index in [-0.39, 0.29) is 27.5 Å². The summed E-state index contributed by atoms with van der Waals surface area (Å²) in [5.41, 5.74) is 0.340. The number of furan rings is 1. The van der Waals surface area contributed by atoms with Crippen molar-refractivity contribution in [2.45, 2.75) is 6.92 Å². The Kier molecular flexibility index (Phi) is 2.65. The highest BCUT2D eigenvalue weighted by atomic mass is 32.1. The van der Waals surface area contributed by atoms with Crippen LogP contribution in [0.4, 0.5) is 4.39 Å². The van der Waals surface area contributed by atoms with Crippen LogP contribution < -0.4 is 0 Å².